The van der Waals surface area contributed by atoms with Crippen molar-refractivity contribution in [3.63, 3.8) is 0 Å². The molecule has 0 fully saturated rings. The highest BCUT2D eigenvalue weighted by Gasteiger charge is 2.15. The van der Waals surface area contributed by atoms with E-state index in [1.165, 1.54) is 5.39 Å². The zero-order chi connectivity index (χ0) is 10.8. The van der Waals surface area contributed by atoms with E-state index in [4.69, 9.17) is 5.73 Å². The largest absolute Gasteiger partial charge is 0.361 e. The van der Waals surface area contributed by atoms with Gasteiger partial charge in [-0.1, -0.05) is 31.2 Å². The molecule has 0 saturated heterocycles. The van der Waals surface area contributed by atoms with Crippen LogP contribution >= 0.6 is 0 Å². The minimum atomic E-state index is 0.0126. The van der Waals surface area contributed by atoms with Crippen LogP contribution in [0.15, 0.2) is 43.1 Å². The predicted octanol–water partition coefficient (Wildman–Crippen LogP) is 2.99. The zero-order valence-electron chi connectivity index (χ0n) is 8.90. The first-order valence-corrected chi connectivity index (χ1v) is 5.18. The molecule has 0 unspecified atom stereocenters. The van der Waals surface area contributed by atoms with Gasteiger partial charge in [-0.2, -0.15) is 0 Å². The monoisotopic (exact) mass is 200 g/mol. The summed E-state index contributed by atoms with van der Waals surface area (Å²) in [5.41, 5.74) is 8.47. The minimum Gasteiger partial charge on any atom is -0.361 e. The summed E-state index contributed by atoms with van der Waals surface area (Å²) in [6.45, 7) is 5.86. The van der Waals surface area contributed by atoms with Gasteiger partial charge in [-0.15, -0.1) is 6.58 Å². The van der Waals surface area contributed by atoms with Crippen LogP contribution < -0.4 is 5.73 Å². The molecule has 2 atom stereocenters. The lowest BCUT2D eigenvalue weighted by Gasteiger charge is -2.15. The fraction of sp³-hybridized carbons (Fsp3) is 0.231. The van der Waals surface area contributed by atoms with Gasteiger partial charge in [-0.25, -0.2) is 0 Å². The molecule has 2 nitrogen and oxygen atoms in total. The highest BCUT2D eigenvalue weighted by Crippen LogP contribution is 2.27. The molecule has 0 aliphatic heterocycles. The van der Waals surface area contributed by atoms with Gasteiger partial charge >= 0.3 is 0 Å². The van der Waals surface area contributed by atoms with E-state index < -0.39 is 0 Å². The molecule has 3 N–H and O–H groups in total. The normalized spacial score (nSPS) is 15.1. The lowest BCUT2D eigenvalue weighted by Crippen LogP contribution is -2.16. The number of H-pyrrole nitrogens is 1. The Morgan fingerprint density at radius 1 is 1.40 bits per heavy atom. The van der Waals surface area contributed by atoms with E-state index in [0.717, 1.165) is 11.1 Å². The molecule has 15 heavy (non-hydrogen) atoms. The number of aromatic nitrogens is 1. The molecule has 0 saturated carbocycles. The van der Waals surface area contributed by atoms with Crippen LogP contribution in [0.5, 0.6) is 0 Å². The molecule has 0 aliphatic rings. The molecule has 0 spiro atoms. The Bertz CT molecular complexity index is 470. The molecule has 1 aromatic heterocycles. The molecule has 2 heteroatoms. The summed E-state index contributed by atoms with van der Waals surface area (Å²) in [4.78, 5) is 3.23. The summed E-state index contributed by atoms with van der Waals surface area (Å²) >= 11 is 0. The van der Waals surface area contributed by atoms with Gasteiger partial charge in [0.25, 0.3) is 0 Å². The average Bonchev–Trinajstić information content (AvgIpc) is 2.70. The van der Waals surface area contributed by atoms with Crippen molar-refractivity contribution < 1.29 is 0 Å². The second kappa shape index (κ2) is 3.91. The van der Waals surface area contributed by atoms with E-state index in [2.05, 4.69) is 30.6 Å². The second-order valence-corrected chi connectivity index (χ2v) is 3.91. The van der Waals surface area contributed by atoms with E-state index in [0.29, 0.717) is 0 Å². The van der Waals surface area contributed by atoms with Crippen molar-refractivity contribution in [3.05, 3.63) is 48.7 Å². The summed E-state index contributed by atoms with van der Waals surface area (Å²) in [5.74, 6) is 0.282. The van der Waals surface area contributed by atoms with E-state index in [9.17, 15) is 0 Å². The van der Waals surface area contributed by atoms with Crippen LogP contribution in [0.4, 0.5) is 0 Å². The molecule has 0 radical (unpaired) electrons. The Balaban J connectivity index is 2.48. The Morgan fingerprint density at radius 3 is 2.87 bits per heavy atom. The van der Waals surface area contributed by atoms with Crippen molar-refractivity contribution in [2.45, 2.75) is 13.0 Å². The third-order valence-corrected chi connectivity index (χ3v) is 2.92. The van der Waals surface area contributed by atoms with Crippen molar-refractivity contribution in [2.75, 3.05) is 0 Å². The number of aromatic amines is 1. The number of fused-ring (bicyclic) bond motifs is 1. The van der Waals surface area contributed by atoms with E-state index in [-0.39, 0.29) is 12.0 Å². The molecular weight excluding hydrogens is 184 g/mol. The van der Waals surface area contributed by atoms with Gasteiger partial charge in [-0.05, 0) is 17.5 Å². The van der Waals surface area contributed by atoms with Crippen LogP contribution in [0.25, 0.3) is 10.9 Å². The summed E-state index contributed by atoms with van der Waals surface area (Å²) in [7, 11) is 0. The number of rotatable bonds is 3. The molecule has 0 aliphatic carbocycles. The Kier molecular flexibility index (Phi) is 2.60. The fourth-order valence-corrected chi connectivity index (χ4v) is 1.80. The maximum absolute atomic E-state index is 6.17. The first kappa shape index (κ1) is 9.99. The third kappa shape index (κ3) is 1.68. The van der Waals surface area contributed by atoms with E-state index in [1.807, 2.05) is 24.4 Å². The van der Waals surface area contributed by atoms with Crippen molar-refractivity contribution in [1.82, 2.24) is 4.98 Å². The van der Waals surface area contributed by atoms with Gasteiger partial charge in [-0.3, -0.25) is 0 Å². The zero-order valence-corrected chi connectivity index (χ0v) is 8.90. The van der Waals surface area contributed by atoms with Gasteiger partial charge in [0.2, 0.25) is 0 Å². The Morgan fingerprint density at radius 2 is 2.13 bits per heavy atom. The number of hydrogen-bond donors (Lipinski definition) is 2. The second-order valence-electron chi connectivity index (χ2n) is 3.91. The summed E-state index contributed by atoms with van der Waals surface area (Å²) in [6.07, 6.45) is 3.89. The summed E-state index contributed by atoms with van der Waals surface area (Å²) < 4.78 is 0. The molecule has 0 bridgehead atoms. The molecule has 1 heterocycles. The molecule has 2 aromatic rings. The van der Waals surface area contributed by atoms with Crippen LogP contribution in [-0.4, -0.2) is 4.98 Å². The number of nitrogens with two attached hydrogens (primary N) is 1. The Hall–Kier alpha value is -1.54. The number of benzene rings is 1. The molecular formula is C13H16N2. The molecule has 2 rings (SSSR count). The highest BCUT2D eigenvalue weighted by atomic mass is 14.7. The number of para-hydroxylation sites is 1. The SMILES string of the molecule is C=C[C@H](C)[C@H](N)c1c[nH]c2ccccc12. The average molecular weight is 200 g/mol. The standard InChI is InChI=1S/C13H16N2/c1-3-9(2)13(14)11-8-15-12-7-5-4-6-10(11)12/h3-9,13,15H,1,14H2,2H3/t9-,13-/m0/s1. The van der Waals surface area contributed by atoms with Gasteiger partial charge in [0.05, 0.1) is 0 Å². The van der Waals surface area contributed by atoms with Gasteiger partial charge < -0.3 is 10.7 Å². The predicted molar refractivity (Wildman–Crippen MR) is 64.6 cm³/mol. The van der Waals surface area contributed by atoms with Crippen LogP contribution in [0.3, 0.4) is 0 Å². The van der Waals surface area contributed by atoms with Crippen LogP contribution in [0.1, 0.15) is 18.5 Å². The van der Waals surface area contributed by atoms with Crippen molar-refractivity contribution in [2.24, 2.45) is 11.7 Å². The topological polar surface area (TPSA) is 41.8 Å². The first-order valence-electron chi connectivity index (χ1n) is 5.18. The molecule has 1 aromatic carbocycles. The fourth-order valence-electron chi connectivity index (χ4n) is 1.80. The van der Waals surface area contributed by atoms with E-state index in [1.54, 1.807) is 0 Å². The van der Waals surface area contributed by atoms with Crippen molar-refractivity contribution in [1.29, 1.82) is 0 Å². The first-order chi connectivity index (χ1) is 7.24. The smallest absolute Gasteiger partial charge is 0.0457 e. The van der Waals surface area contributed by atoms with Crippen molar-refractivity contribution in [3.8, 4) is 0 Å². The van der Waals surface area contributed by atoms with E-state index >= 15 is 0 Å². The Labute approximate surface area is 89.8 Å². The molecule has 78 valence electrons. The lowest BCUT2D eigenvalue weighted by atomic mass is 9.95. The maximum atomic E-state index is 6.17. The summed E-state index contributed by atoms with van der Waals surface area (Å²) in [5, 5.41) is 1.21. The number of hydrogen-bond acceptors (Lipinski definition) is 1. The van der Waals surface area contributed by atoms with Crippen LogP contribution in [0, 0.1) is 5.92 Å². The van der Waals surface area contributed by atoms with Gasteiger partial charge in [0, 0.05) is 23.1 Å². The molecule has 0 amide bonds. The third-order valence-electron chi connectivity index (χ3n) is 2.92. The highest BCUT2D eigenvalue weighted by molar-refractivity contribution is 5.83. The van der Waals surface area contributed by atoms with Gasteiger partial charge in [0.15, 0.2) is 0 Å². The lowest BCUT2D eigenvalue weighted by molar-refractivity contribution is 0.571. The quantitative estimate of drug-likeness (QED) is 0.735. The van der Waals surface area contributed by atoms with Crippen LogP contribution in [-0.2, 0) is 0 Å². The number of nitrogens with one attached hydrogen (secondary N) is 1. The maximum Gasteiger partial charge on any atom is 0.0457 e. The van der Waals surface area contributed by atoms with Gasteiger partial charge in [0.1, 0.15) is 0 Å². The summed E-state index contributed by atoms with van der Waals surface area (Å²) in [6, 6.07) is 8.22. The van der Waals surface area contributed by atoms with Crippen LogP contribution in [0.2, 0.25) is 0 Å². The minimum absolute atomic E-state index is 0.0126. The van der Waals surface area contributed by atoms with Crippen molar-refractivity contribution >= 4 is 10.9 Å².